The molecule has 1 aliphatic rings. The van der Waals surface area contributed by atoms with Crippen molar-refractivity contribution in [3.63, 3.8) is 0 Å². The van der Waals surface area contributed by atoms with Gasteiger partial charge in [0.15, 0.2) is 0 Å². The Morgan fingerprint density at radius 1 is 1.54 bits per heavy atom. The highest BCUT2D eigenvalue weighted by molar-refractivity contribution is 4.82. The molecule has 1 N–H and O–H groups in total. The van der Waals surface area contributed by atoms with Crippen LogP contribution in [0.25, 0.3) is 0 Å². The quantitative estimate of drug-likeness (QED) is 0.711. The Balaban J connectivity index is 2.12. The fraction of sp³-hybridized carbons (Fsp3) is 1.00. The molecule has 2 unspecified atom stereocenters. The van der Waals surface area contributed by atoms with Gasteiger partial charge in [0, 0.05) is 12.6 Å². The predicted molar refractivity (Wildman–Crippen MR) is 51.6 cm³/mol. The van der Waals surface area contributed by atoms with Gasteiger partial charge < -0.3 is 10.1 Å². The monoisotopic (exact) mass is 189 g/mol. The molecule has 78 valence electrons. The first-order chi connectivity index (χ1) is 6.22. The number of hydrogen-bond acceptors (Lipinski definition) is 2. The van der Waals surface area contributed by atoms with Crippen LogP contribution >= 0.6 is 0 Å². The van der Waals surface area contributed by atoms with E-state index in [2.05, 4.69) is 19.2 Å². The lowest BCUT2D eigenvalue weighted by atomic mass is 10.0. The smallest absolute Gasteiger partial charge is 0.113 e. The second-order valence-corrected chi connectivity index (χ2v) is 4.15. The topological polar surface area (TPSA) is 21.3 Å². The maximum absolute atomic E-state index is 11.8. The Morgan fingerprint density at radius 2 is 2.31 bits per heavy atom. The lowest BCUT2D eigenvalue weighted by Gasteiger charge is -2.12. The number of hydrogen-bond donors (Lipinski definition) is 1. The molecule has 0 radical (unpaired) electrons. The van der Waals surface area contributed by atoms with E-state index >= 15 is 0 Å². The van der Waals surface area contributed by atoms with Crippen molar-refractivity contribution >= 4 is 0 Å². The first kappa shape index (κ1) is 10.9. The molecule has 0 amide bonds. The Bertz CT molecular complexity index is 141. The SMILES string of the molecule is CC(C)CC1CC(OCCF)CN1. The molecule has 3 heteroatoms. The lowest BCUT2D eigenvalue weighted by Crippen LogP contribution is -2.23. The summed E-state index contributed by atoms with van der Waals surface area (Å²) in [4.78, 5) is 0. The molecular weight excluding hydrogens is 169 g/mol. The van der Waals surface area contributed by atoms with Crippen LogP contribution in [0.2, 0.25) is 0 Å². The van der Waals surface area contributed by atoms with Crippen LogP contribution in [0.4, 0.5) is 4.39 Å². The summed E-state index contributed by atoms with van der Waals surface area (Å²) in [6.45, 7) is 5.21. The standard InChI is InChI=1S/C10H20FNO/c1-8(2)5-9-6-10(7-12-9)13-4-3-11/h8-10,12H,3-7H2,1-2H3. The van der Waals surface area contributed by atoms with Crippen LogP contribution in [-0.4, -0.2) is 32.0 Å². The molecule has 1 heterocycles. The summed E-state index contributed by atoms with van der Waals surface area (Å²) >= 11 is 0. The van der Waals surface area contributed by atoms with Gasteiger partial charge in [0.05, 0.1) is 12.7 Å². The van der Waals surface area contributed by atoms with Gasteiger partial charge in [-0.15, -0.1) is 0 Å². The van der Waals surface area contributed by atoms with Gasteiger partial charge in [-0.3, -0.25) is 0 Å². The van der Waals surface area contributed by atoms with Crippen LogP contribution < -0.4 is 5.32 Å². The molecule has 0 bridgehead atoms. The van der Waals surface area contributed by atoms with Gasteiger partial charge >= 0.3 is 0 Å². The summed E-state index contributed by atoms with van der Waals surface area (Å²) in [6, 6.07) is 0.574. The summed E-state index contributed by atoms with van der Waals surface area (Å²) in [5.41, 5.74) is 0. The maximum atomic E-state index is 11.8. The molecule has 13 heavy (non-hydrogen) atoms. The average molecular weight is 189 g/mol. The minimum absolute atomic E-state index is 0.236. The van der Waals surface area contributed by atoms with E-state index in [9.17, 15) is 4.39 Å². The number of halogens is 1. The summed E-state index contributed by atoms with van der Waals surface area (Å²) in [7, 11) is 0. The van der Waals surface area contributed by atoms with Crippen LogP contribution in [0.3, 0.4) is 0 Å². The largest absolute Gasteiger partial charge is 0.374 e. The first-order valence-electron chi connectivity index (χ1n) is 5.13. The third kappa shape index (κ3) is 4.05. The van der Waals surface area contributed by atoms with Crippen molar-refractivity contribution in [3.8, 4) is 0 Å². The zero-order chi connectivity index (χ0) is 9.68. The van der Waals surface area contributed by atoms with E-state index in [0.717, 1.165) is 18.9 Å². The molecule has 1 saturated heterocycles. The van der Waals surface area contributed by atoms with Gasteiger partial charge in [0.2, 0.25) is 0 Å². The Kier molecular flexibility index (Phi) is 4.67. The van der Waals surface area contributed by atoms with Gasteiger partial charge in [0.1, 0.15) is 6.67 Å². The number of nitrogens with one attached hydrogen (secondary N) is 1. The van der Waals surface area contributed by atoms with Crippen LogP contribution in [0.15, 0.2) is 0 Å². The fourth-order valence-corrected chi connectivity index (χ4v) is 1.87. The molecule has 2 atom stereocenters. The number of rotatable bonds is 5. The zero-order valence-corrected chi connectivity index (χ0v) is 8.55. The normalized spacial score (nSPS) is 28.6. The van der Waals surface area contributed by atoms with Crippen molar-refractivity contribution < 1.29 is 9.13 Å². The highest BCUT2D eigenvalue weighted by atomic mass is 19.1. The molecule has 0 aromatic carbocycles. The van der Waals surface area contributed by atoms with Gasteiger partial charge in [-0.25, -0.2) is 4.39 Å². The molecule has 0 aromatic heterocycles. The third-order valence-corrected chi connectivity index (χ3v) is 2.37. The van der Waals surface area contributed by atoms with Crippen molar-refractivity contribution in [3.05, 3.63) is 0 Å². The van der Waals surface area contributed by atoms with Crippen molar-refractivity contribution in [2.75, 3.05) is 19.8 Å². The third-order valence-electron chi connectivity index (χ3n) is 2.37. The van der Waals surface area contributed by atoms with Crippen molar-refractivity contribution in [1.29, 1.82) is 0 Å². The molecular formula is C10H20FNO. The molecule has 0 spiro atoms. The zero-order valence-electron chi connectivity index (χ0n) is 8.55. The van der Waals surface area contributed by atoms with E-state index < -0.39 is 0 Å². The summed E-state index contributed by atoms with van der Waals surface area (Å²) in [5, 5.41) is 3.40. The Labute approximate surface area is 79.8 Å². The second kappa shape index (κ2) is 5.55. The van der Waals surface area contributed by atoms with Crippen LogP contribution in [0, 0.1) is 5.92 Å². The van der Waals surface area contributed by atoms with Gasteiger partial charge in [0.25, 0.3) is 0 Å². The first-order valence-corrected chi connectivity index (χ1v) is 5.13. The highest BCUT2D eigenvalue weighted by Gasteiger charge is 2.24. The summed E-state index contributed by atoms with van der Waals surface area (Å²) < 4.78 is 17.1. The Morgan fingerprint density at radius 3 is 2.92 bits per heavy atom. The van der Waals surface area contributed by atoms with Crippen LogP contribution in [-0.2, 0) is 4.74 Å². The van der Waals surface area contributed by atoms with Crippen LogP contribution in [0.5, 0.6) is 0 Å². The molecule has 1 rings (SSSR count). The van der Waals surface area contributed by atoms with Gasteiger partial charge in [-0.1, -0.05) is 13.8 Å². The van der Waals surface area contributed by atoms with E-state index in [1.807, 2.05) is 0 Å². The molecule has 0 aromatic rings. The molecule has 0 aliphatic carbocycles. The lowest BCUT2D eigenvalue weighted by molar-refractivity contribution is 0.0554. The molecule has 2 nitrogen and oxygen atoms in total. The molecule has 0 saturated carbocycles. The van der Waals surface area contributed by atoms with E-state index in [1.54, 1.807) is 0 Å². The van der Waals surface area contributed by atoms with E-state index in [-0.39, 0.29) is 19.4 Å². The van der Waals surface area contributed by atoms with E-state index in [1.165, 1.54) is 6.42 Å². The van der Waals surface area contributed by atoms with Crippen molar-refractivity contribution in [2.24, 2.45) is 5.92 Å². The van der Waals surface area contributed by atoms with Crippen LogP contribution in [0.1, 0.15) is 26.7 Å². The minimum atomic E-state index is -0.370. The van der Waals surface area contributed by atoms with Crippen molar-refractivity contribution in [1.82, 2.24) is 5.32 Å². The van der Waals surface area contributed by atoms with Crippen molar-refractivity contribution in [2.45, 2.75) is 38.8 Å². The Hall–Kier alpha value is -0.150. The second-order valence-electron chi connectivity index (χ2n) is 4.15. The predicted octanol–water partition coefficient (Wildman–Crippen LogP) is 1.75. The molecule has 1 fully saturated rings. The molecule has 1 aliphatic heterocycles. The average Bonchev–Trinajstić information content (AvgIpc) is 2.48. The van der Waals surface area contributed by atoms with Gasteiger partial charge in [-0.05, 0) is 18.8 Å². The highest BCUT2D eigenvalue weighted by Crippen LogP contribution is 2.16. The summed E-state index contributed by atoms with van der Waals surface area (Å²) in [6.07, 6.45) is 2.47. The minimum Gasteiger partial charge on any atom is -0.374 e. The van der Waals surface area contributed by atoms with Gasteiger partial charge in [-0.2, -0.15) is 0 Å². The van der Waals surface area contributed by atoms with E-state index in [0.29, 0.717) is 6.04 Å². The van der Waals surface area contributed by atoms with E-state index in [4.69, 9.17) is 4.74 Å². The fourth-order valence-electron chi connectivity index (χ4n) is 1.87. The summed E-state index contributed by atoms with van der Waals surface area (Å²) in [5.74, 6) is 0.720. The maximum Gasteiger partial charge on any atom is 0.113 e. The number of ether oxygens (including phenoxy) is 1. The number of alkyl halides is 1.